The van der Waals surface area contributed by atoms with Gasteiger partial charge < -0.3 is 5.32 Å². The Balaban J connectivity index is 2.49. The van der Waals surface area contributed by atoms with Crippen LogP contribution in [-0.4, -0.2) is 10.9 Å². The maximum atomic E-state index is 13.4. The molecule has 1 N–H and O–H groups in total. The van der Waals surface area contributed by atoms with Crippen LogP contribution >= 0.6 is 0 Å². The average molecular weight is 367 g/mol. The molecule has 0 bridgehead atoms. The van der Waals surface area contributed by atoms with Gasteiger partial charge in [0.1, 0.15) is 0 Å². The predicted molar refractivity (Wildman–Crippen MR) is 115 cm³/mol. The van der Waals surface area contributed by atoms with E-state index in [0.29, 0.717) is 0 Å². The normalized spacial score (nSPS) is 10.9. The summed E-state index contributed by atoms with van der Waals surface area (Å²) >= 11 is 0. The van der Waals surface area contributed by atoms with E-state index in [0.717, 1.165) is 73.1 Å². The lowest BCUT2D eigenvalue weighted by atomic mass is 9.96. The number of pyridine rings is 1. The molecule has 0 aliphatic rings. The number of aryl methyl sites for hydroxylation is 5. The summed E-state index contributed by atoms with van der Waals surface area (Å²) in [5.74, 6) is -0.00680. The summed E-state index contributed by atoms with van der Waals surface area (Å²) in [5.41, 5.74) is 7.24. The topological polar surface area (TPSA) is 42.0 Å². The Kier molecular flexibility index (Phi) is 8.02. The monoisotopic (exact) mass is 366 g/mol. The van der Waals surface area contributed by atoms with Crippen molar-refractivity contribution in [2.24, 2.45) is 0 Å². The molecular weight excluding hydrogens is 332 g/mol. The fraction of sp³-hybridized carbons (Fsp3) is 0.500. The third-order valence-electron chi connectivity index (χ3n) is 5.06. The Hall–Kier alpha value is -2.16. The van der Waals surface area contributed by atoms with Crippen LogP contribution in [0, 0.1) is 6.92 Å². The van der Waals surface area contributed by atoms with Crippen molar-refractivity contribution in [2.45, 2.75) is 79.6 Å². The molecule has 0 saturated heterocycles. The molecule has 1 aromatic heterocycles. The Morgan fingerprint density at radius 2 is 1.63 bits per heavy atom. The molecule has 27 heavy (non-hydrogen) atoms. The third-order valence-corrected chi connectivity index (χ3v) is 5.06. The van der Waals surface area contributed by atoms with Gasteiger partial charge in [-0.25, -0.2) is 0 Å². The summed E-state index contributed by atoms with van der Waals surface area (Å²) in [6.07, 6.45) is 6.75. The molecule has 1 amide bonds. The number of benzene rings is 1. The van der Waals surface area contributed by atoms with Crippen LogP contribution in [0.25, 0.3) is 0 Å². The molecule has 0 radical (unpaired) electrons. The fourth-order valence-corrected chi connectivity index (χ4v) is 3.65. The Labute approximate surface area is 164 Å². The van der Waals surface area contributed by atoms with Gasteiger partial charge in [-0.2, -0.15) is 0 Å². The highest BCUT2D eigenvalue weighted by Crippen LogP contribution is 2.26. The zero-order valence-corrected chi connectivity index (χ0v) is 17.6. The van der Waals surface area contributed by atoms with Gasteiger partial charge in [-0.3, -0.25) is 9.78 Å². The molecule has 0 saturated carbocycles. The summed E-state index contributed by atoms with van der Waals surface area (Å²) in [5, 5.41) is 3.25. The van der Waals surface area contributed by atoms with Gasteiger partial charge in [-0.1, -0.05) is 58.7 Å². The first-order valence-corrected chi connectivity index (χ1v) is 10.5. The standard InChI is InChI=1S/C24H34N2O/c1-6-10-13-20-16-17(5)25-21(12-7-2)22(20)24(27)26-23-18(8-3)14-11-15-19(23)9-4/h11,14-16H,6-10,12-13H2,1-5H3,(H,26,27). The van der Waals surface area contributed by atoms with Crippen LogP contribution in [0.15, 0.2) is 24.3 Å². The summed E-state index contributed by atoms with van der Waals surface area (Å²) < 4.78 is 0. The van der Waals surface area contributed by atoms with Crippen LogP contribution in [0.3, 0.4) is 0 Å². The lowest BCUT2D eigenvalue weighted by molar-refractivity contribution is 0.102. The highest BCUT2D eigenvalue weighted by molar-refractivity contribution is 6.07. The first-order valence-electron chi connectivity index (χ1n) is 10.5. The summed E-state index contributed by atoms with van der Waals surface area (Å²) in [7, 11) is 0. The fourth-order valence-electron chi connectivity index (χ4n) is 3.65. The van der Waals surface area contributed by atoms with Gasteiger partial charge >= 0.3 is 0 Å². The van der Waals surface area contributed by atoms with Gasteiger partial charge in [0.25, 0.3) is 5.91 Å². The van der Waals surface area contributed by atoms with Crippen molar-refractivity contribution < 1.29 is 4.79 Å². The molecule has 0 fully saturated rings. The number of anilines is 1. The minimum Gasteiger partial charge on any atom is -0.321 e. The molecule has 1 aromatic carbocycles. The van der Waals surface area contributed by atoms with E-state index in [4.69, 9.17) is 4.98 Å². The van der Waals surface area contributed by atoms with Crippen molar-refractivity contribution in [1.29, 1.82) is 0 Å². The lowest BCUT2D eigenvalue weighted by Gasteiger charge is -2.18. The van der Waals surface area contributed by atoms with E-state index in [1.807, 2.05) is 6.92 Å². The molecular formula is C24H34N2O. The Bertz CT molecular complexity index is 758. The number of hydrogen-bond acceptors (Lipinski definition) is 2. The number of unbranched alkanes of at least 4 members (excludes halogenated alkanes) is 1. The molecule has 0 spiro atoms. The second-order valence-electron chi connectivity index (χ2n) is 7.21. The SMILES string of the molecule is CCCCc1cc(C)nc(CCC)c1C(=O)Nc1c(CC)cccc1CC. The molecule has 0 unspecified atom stereocenters. The number of rotatable bonds is 9. The lowest BCUT2D eigenvalue weighted by Crippen LogP contribution is -2.20. The third kappa shape index (κ3) is 5.18. The van der Waals surface area contributed by atoms with E-state index in [1.54, 1.807) is 0 Å². The van der Waals surface area contributed by atoms with E-state index in [9.17, 15) is 4.79 Å². The summed E-state index contributed by atoms with van der Waals surface area (Å²) in [6, 6.07) is 8.38. The molecule has 1 heterocycles. The molecule has 0 atom stereocenters. The molecule has 2 rings (SSSR count). The maximum absolute atomic E-state index is 13.4. The first-order chi connectivity index (χ1) is 13.0. The summed E-state index contributed by atoms with van der Waals surface area (Å²) in [4.78, 5) is 18.1. The van der Waals surface area contributed by atoms with Crippen LogP contribution in [0.1, 0.15) is 85.4 Å². The molecule has 2 aromatic rings. The zero-order valence-electron chi connectivity index (χ0n) is 17.6. The molecule has 0 aliphatic heterocycles. The number of para-hydroxylation sites is 1. The number of nitrogens with zero attached hydrogens (tertiary/aromatic N) is 1. The zero-order chi connectivity index (χ0) is 19.8. The average Bonchev–Trinajstić information content (AvgIpc) is 2.66. The number of amides is 1. The minimum atomic E-state index is -0.00680. The van der Waals surface area contributed by atoms with Crippen LogP contribution < -0.4 is 5.32 Å². The van der Waals surface area contributed by atoms with Gasteiger partial charge in [-0.15, -0.1) is 0 Å². The van der Waals surface area contributed by atoms with E-state index in [-0.39, 0.29) is 5.91 Å². The number of aromatic nitrogens is 1. The van der Waals surface area contributed by atoms with Crippen LogP contribution in [-0.2, 0) is 25.7 Å². The molecule has 146 valence electrons. The van der Waals surface area contributed by atoms with Crippen molar-refractivity contribution >= 4 is 11.6 Å². The number of carbonyl (C=O) groups excluding carboxylic acids is 1. The molecule has 3 heteroatoms. The van der Waals surface area contributed by atoms with Gasteiger partial charge in [0.05, 0.1) is 11.3 Å². The largest absolute Gasteiger partial charge is 0.321 e. The van der Waals surface area contributed by atoms with Crippen molar-refractivity contribution in [1.82, 2.24) is 4.98 Å². The van der Waals surface area contributed by atoms with Gasteiger partial charge in [0.2, 0.25) is 0 Å². The summed E-state index contributed by atoms with van der Waals surface area (Å²) in [6.45, 7) is 10.6. The van der Waals surface area contributed by atoms with Gasteiger partial charge in [0.15, 0.2) is 0 Å². The molecule has 0 aliphatic carbocycles. The second-order valence-corrected chi connectivity index (χ2v) is 7.21. The van der Waals surface area contributed by atoms with Crippen molar-refractivity contribution in [3.63, 3.8) is 0 Å². The van der Waals surface area contributed by atoms with Gasteiger partial charge in [-0.05, 0) is 61.8 Å². The Morgan fingerprint density at radius 1 is 0.963 bits per heavy atom. The first kappa shape index (κ1) is 21.1. The highest BCUT2D eigenvalue weighted by atomic mass is 16.1. The van der Waals surface area contributed by atoms with E-state index < -0.39 is 0 Å². The van der Waals surface area contributed by atoms with Crippen LogP contribution in [0.2, 0.25) is 0 Å². The van der Waals surface area contributed by atoms with E-state index in [1.165, 1.54) is 11.1 Å². The predicted octanol–water partition coefficient (Wildman–Crippen LogP) is 6.06. The van der Waals surface area contributed by atoms with E-state index in [2.05, 4.69) is 57.3 Å². The van der Waals surface area contributed by atoms with Crippen molar-refractivity contribution in [3.05, 3.63) is 57.9 Å². The van der Waals surface area contributed by atoms with Gasteiger partial charge in [0, 0.05) is 11.4 Å². The second kappa shape index (κ2) is 10.2. The maximum Gasteiger partial charge on any atom is 0.257 e. The number of carbonyl (C=O) groups is 1. The van der Waals surface area contributed by atoms with Crippen molar-refractivity contribution in [2.75, 3.05) is 5.32 Å². The Morgan fingerprint density at radius 3 is 2.19 bits per heavy atom. The highest BCUT2D eigenvalue weighted by Gasteiger charge is 2.20. The van der Waals surface area contributed by atoms with Crippen LogP contribution in [0.5, 0.6) is 0 Å². The van der Waals surface area contributed by atoms with Crippen LogP contribution in [0.4, 0.5) is 5.69 Å². The van der Waals surface area contributed by atoms with Crippen molar-refractivity contribution in [3.8, 4) is 0 Å². The molecule has 3 nitrogen and oxygen atoms in total. The number of hydrogen-bond donors (Lipinski definition) is 1. The smallest absolute Gasteiger partial charge is 0.257 e. The number of nitrogens with one attached hydrogen (secondary N) is 1. The minimum absolute atomic E-state index is 0.00680. The van der Waals surface area contributed by atoms with E-state index >= 15 is 0 Å². The quantitative estimate of drug-likeness (QED) is 0.586.